The molecule has 2 aromatic carbocycles. The molecule has 0 aromatic heterocycles. The van der Waals surface area contributed by atoms with Crippen molar-refractivity contribution in [2.24, 2.45) is 0 Å². The van der Waals surface area contributed by atoms with E-state index in [9.17, 15) is 8.78 Å². The Hall–Kier alpha value is -1.13. The summed E-state index contributed by atoms with van der Waals surface area (Å²) >= 11 is 9.30. The Kier molecular flexibility index (Phi) is 4.19. The lowest BCUT2D eigenvalue weighted by atomic mass is 10.2. The Balaban J connectivity index is 2.16. The van der Waals surface area contributed by atoms with Crippen LogP contribution in [-0.4, -0.2) is 0 Å². The van der Waals surface area contributed by atoms with Crippen molar-refractivity contribution < 1.29 is 8.78 Å². The second-order valence-corrected chi connectivity index (χ2v) is 5.01. The van der Waals surface area contributed by atoms with Crippen molar-refractivity contribution in [3.63, 3.8) is 0 Å². The molecule has 0 amide bonds. The first-order valence-corrected chi connectivity index (χ1v) is 6.37. The van der Waals surface area contributed by atoms with Crippen molar-refractivity contribution in [2.75, 3.05) is 5.32 Å². The second-order valence-electron chi connectivity index (χ2n) is 3.69. The molecule has 2 rings (SSSR count). The fourth-order valence-corrected chi connectivity index (χ4v) is 2.05. The molecule has 1 nitrogen and oxygen atoms in total. The monoisotopic (exact) mass is 331 g/mol. The Bertz CT molecular complexity index is 573. The van der Waals surface area contributed by atoms with E-state index >= 15 is 0 Å². The Morgan fingerprint density at radius 3 is 2.72 bits per heavy atom. The topological polar surface area (TPSA) is 12.0 Å². The maximum atomic E-state index is 13.4. The van der Waals surface area contributed by atoms with Crippen LogP contribution in [0.5, 0.6) is 0 Å². The molecule has 2 aromatic rings. The lowest BCUT2D eigenvalue weighted by Gasteiger charge is -2.09. The minimum atomic E-state index is -0.852. The van der Waals surface area contributed by atoms with E-state index in [1.54, 1.807) is 18.2 Å². The molecule has 0 saturated heterocycles. The standard InChI is InChI=1S/C13H9BrClF2N/c14-9-4-5-10(15)12(6-9)18-7-8-2-1-3-11(16)13(8)17/h1-6,18H,7H2. The van der Waals surface area contributed by atoms with Crippen molar-refractivity contribution in [1.29, 1.82) is 0 Å². The summed E-state index contributed by atoms with van der Waals surface area (Å²) < 4.78 is 27.3. The highest BCUT2D eigenvalue weighted by atomic mass is 79.9. The molecule has 0 aliphatic heterocycles. The quantitative estimate of drug-likeness (QED) is 0.834. The normalized spacial score (nSPS) is 10.4. The molecule has 0 spiro atoms. The molecule has 0 fully saturated rings. The molecule has 1 N–H and O–H groups in total. The van der Waals surface area contributed by atoms with E-state index in [0.717, 1.165) is 10.5 Å². The van der Waals surface area contributed by atoms with Gasteiger partial charge in [-0.15, -0.1) is 0 Å². The summed E-state index contributed by atoms with van der Waals surface area (Å²) in [5, 5.41) is 3.49. The van der Waals surface area contributed by atoms with Gasteiger partial charge in [0.25, 0.3) is 0 Å². The molecule has 0 radical (unpaired) electrons. The number of anilines is 1. The van der Waals surface area contributed by atoms with Crippen LogP contribution >= 0.6 is 27.5 Å². The van der Waals surface area contributed by atoms with E-state index in [-0.39, 0.29) is 12.1 Å². The van der Waals surface area contributed by atoms with Gasteiger partial charge in [-0.05, 0) is 24.3 Å². The number of rotatable bonds is 3. The van der Waals surface area contributed by atoms with Gasteiger partial charge in [0, 0.05) is 16.6 Å². The second kappa shape index (κ2) is 5.67. The summed E-state index contributed by atoms with van der Waals surface area (Å²) in [5.41, 5.74) is 0.917. The SMILES string of the molecule is Fc1cccc(CNc2cc(Br)ccc2Cl)c1F. The van der Waals surface area contributed by atoms with Gasteiger partial charge in [-0.1, -0.05) is 39.7 Å². The minimum absolute atomic E-state index is 0.166. The van der Waals surface area contributed by atoms with Crippen LogP contribution in [0.25, 0.3) is 0 Å². The van der Waals surface area contributed by atoms with Gasteiger partial charge >= 0.3 is 0 Å². The molecule has 0 aliphatic carbocycles. The van der Waals surface area contributed by atoms with Gasteiger partial charge in [-0.2, -0.15) is 0 Å². The van der Waals surface area contributed by atoms with Crippen molar-refractivity contribution in [3.05, 3.63) is 63.1 Å². The van der Waals surface area contributed by atoms with Crippen LogP contribution < -0.4 is 5.32 Å². The summed E-state index contributed by atoms with van der Waals surface area (Å²) in [5.74, 6) is -1.69. The van der Waals surface area contributed by atoms with E-state index in [2.05, 4.69) is 21.2 Å². The van der Waals surface area contributed by atoms with Crippen LogP contribution in [-0.2, 0) is 6.54 Å². The highest BCUT2D eigenvalue weighted by molar-refractivity contribution is 9.10. The summed E-state index contributed by atoms with van der Waals surface area (Å²) in [4.78, 5) is 0. The molecule has 0 bridgehead atoms. The third kappa shape index (κ3) is 3.00. The van der Waals surface area contributed by atoms with E-state index in [0.29, 0.717) is 10.7 Å². The largest absolute Gasteiger partial charge is 0.380 e. The minimum Gasteiger partial charge on any atom is -0.380 e. The predicted octanol–water partition coefficient (Wildman–Crippen LogP) is 4.99. The maximum absolute atomic E-state index is 13.4. The first kappa shape index (κ1) is 13.3. The molecule has 0 heterocycles. The van der Waals surface area contributed by atoms with Crippen molar-refractivity contribution >= 4 is 33.2 Å². The molecule has 18 heavy (non-hydrogen) atoms. The Morgan fingerprint density at radius 2 is 1.94 bits per heavy atom. The smallest absolute Gasteiger partial charge is 0.163 e. The van der Waals surface area contributed by atoms with E-state index < -0.39 is 11.6 Å². The van der Waals surface area contributed by atoms with E-state index in [1.807, 2.05) is 0 Å². The first-order valence-electron chi connectivity index (χ1n) is 5.20. The molecular weight excluding hydrogens is 324 g/mol. The van der Waals surface area contributed by atoms with Crippen LogP contribution in [0.15, 0.2) is 40.9 Å². The molecule has 0 atom stereocenters. The molecule has 0 unspecified atom stereocenters. The third-order valence-electron chi connectivity index (χ3n) is 2.43. The fourth-order valence-electron chi connectivity index (χ4n) is 1.51. The van der Waals surface area contributed by atoms with Crippen LogP contribution in [0, 0.1) is 11.6 Å². The summed E-state index contributed by atoms with van der Waals surface area (Å²) in [6, 6.07) is 9.38. The van der Waals surface area contributed by atoms with Crippen molar-refractivity contribution in [1.82, 2.24) is 0 Å². The van der Waals surface area contributed by atoms with Gasteiger partial charge in [-0.25, -0.2) is 8.78 Å². The number of nitrogens with one attached hydrogen (secondary N) is 1. The van der Waals surface area contributed by atoms with Gasteiger partial charge in [0.15, 0.2) is 11.6 Å². The van der Waals surface area contributed by atoms with Gasteiger partial charge in [0.1, 0.15) is 0 Å². The van der Waals surface area contributed by atoms with Crippen molar-refractivity contribution in [3.8, 4) is 0 Å². The van der Waals surface area contributed by atoms with Crippen molar-refractivity contribution in [2.45, 2.75) is 6.54 Å². The van der Waals surface area contributed by atoms with Gasteiger partial charge < -0.3 is 5.32 Å². The lowest BCUT2D eigenvalue weighted by molar-refractivity contribution is 0.500. The highest BCUT2D eigenvalue weighted by Gasteiger charge is 2.08. The van der Waals surface area contributed by atoms with Gasteiger partial charge in [0.05, 0.1) is 10.7 Å². The first-order chi connectivity index (χ1) is 8.58. The number of hydrogen-bond acceptors (Lipinski definition) is 1. The van der Waals surface area contributed by atoms with Crippen LogP contribution in [0.2, 0.25) is 5.02 Å². The lowest BCUT2D eigenvalue weighted by Crippen LogP contribution is -2.03. The van der Waals surface area contributed by atoms with E-state index in [1.165, 1.54) is 12.1 Å². The molecule has 0 saturated carbocycles. The Morgan fingerprint density at radius 1 is 1.17 bits per heavy atom. The maximum Gasteiger partial charge on any atom is 0.163 e. The average Bonchev–Trinajstić information content (AvgIpc) is 2.35. The molecule has 94 valence electrons. The van der Waals surface area contributed by atoms with Crippen LogP contribution in [0.4, 0.5) is 14.5 Å². The fraction of sp³-hybridized carbons (Fsp3) is 0.0769. The summed E-state index contributed by atoms with van der Waals surface area (Å²) in [6.45, 7) is 0.166. The average molecular weight is 333 g/mol. The third-order valence-corrected chi connectivity index (χ3v) is 3.25. The highest BCUT2D eigenvalue weighted by Crippen LogP contribution is 2.26. The summed E-state index contributed by atoms with van der Waals surface area (Å²) in [6.07, 6.45) is 0. The zero-order valence-corrected chi connectivity index (χ0v) is 11.5. The number of benzene rings is 2. The van der Waals surface area contributed by atoms with Gasteiger partial charge in [-0.3, -0.25) is 0 Å². The van der Waals surface area contributed by atoms with Crippen LogP contribution in [0.1, 0.15) is 5.56 Å². The number of hydrogen-bond donors (Lipinski definition) is 1. The number of halogens is 4. The van der Waals surface area contributed by atoms with E-state index in [4.69, 9.17) is 11.6 Å². The molecule has 5 heteroatoms. The molecule has 0 aliphatic rings. The van der Waals surface area contributed by atoms with Gasteiger partial charge in [0.2, 0.25) is 0 Å². The zero-order valence-electron chi connectivity index (χ0n) is 9.18. The van der Waals surface area contributed by atoms with Crippen LogP contribution in [0.3, 0.4) is 0 Å². The predicted molar refractivity (Wildman–Crippen MR) is 72.8 cm³/mol. The summed E-state index contributed by atoms with van der Waals surface area (Å²) in [7, 11) is 0. The zero-order chi connectivity index (χ0) is 13.1. The Labute approximate surface area is 117 Å². The molecular formula is C13H9BrClF2N.